The van der Waals surface area contributed by atoms with Crippen LogP contribution >= 0.6 is 0 Å². The lowest BCUT2D eigenvalue weighted by molar-refractivity contribution is 0.293. The van der Waals surface area contributed by atoms with Crippen LogP contribution in [0.3, 0.4) is 0 Å². The first-order chi connectivity index (χ1) is 8.36. The van der Waals surface area contributed by atoms with Crippen molar-refractivity contribution in [2.24, 2.45) is 0 Å². The van der Waals surface area contributed by atoms with Crippen LogP contribution in [0.2, 0.25) is 0 Å². The molecule has 0 fully saturated rings. The number of hydrogen-bond acceptors (Lipinski definition) is 2. The van der Waals surface area contributed by atoms with Crippen molar-refractivity contribution in [1.29, 1.82) is 0 Å². The molecule has 0 saturated carbocycles. The third-order valence-corrected chi connectivity index (χ3v) is 3.40. The zero-order valence-corrected chi connectivity index (χ0v) is 12.4. The van der Waals surface area contributed by atoms with Gasteiger partial charge in [-0.15, -0.1) is 0 Å². The van der Waals surface area contributed by atoms with E-state index in [4.69, 9.17) is 5.11 Å². The molecule has 1 rings (SSSR count). The third kappa shape index (κ3) is 4.11. The van der Waals surface area contributed by atoms with Gasteiger partial charge in [0, 0.05) is 6.54 Å². The first kappa shape index (κ1) is 15.2. The average Bonchev–Trinajstić information content (AvgIpc) is 2.25. The van der Waals surface area contributed by atoms with Gasteiger partial charge in [-0.2, -0.15) is 0 Å². The molecule has 0 radical (unpaired) electrons. The fourth-order valence-electron chi connectivity index (χ4n) is 2.24. The maximum atomic E-state index is 8.74. The molecule has 0 atom stereocenters. The predicted octanol–water partition coefficient (Wildman–Crippen LogP) is 2.73. The van der Waals surface area contributed by atoms with Crippen LogP contribution in [-0.2, 0) is 11.8 Å². The van der Waals surface area contributed by atoms with Crippen molar-refractivity contribution in [3.05, 3.63) is 34.4 Å². The number of rotatable bonds is 5. The van der Waals surface area contributed by atoms with Crippen LogP contribution in [0.1, 0.15) is 43.0 Å². The lowest BCUT2D eigenvalue weighted by atomic mass is 9.83. The summed E-state index contributed by atoms with van der Waals surface area (Å²) in [7, 11) is 0. The predicted molar refractivity (Wildman–Crippen MR) is 78.3 cm³/mol. The molecule has 1 aromatic carbocycles. The van der Waals surface area contributed by atoms with Crippen molar-refractivity contribution < 1.29 is 5.11 Å². The summed E-state index contributed by atoms with van der Waals surface area (Å²) in [5.74, 6) is 0. The Balaban J connectivity index is 2.82. The Bertz CT molecular complexity index is 368. The molecule has 0 aromatic heterocycles. The summed E-state index contributed by atoms with van der Waals surface area (Å²) < 4.78 is 0. The Kier molecular flexibility index (Phi) is 5.36. The summed E-state index contributed by atoms with van der Waals surface area (Å²) >= 11 is 0. The van der Waals surface area contributed by atoms with E-state index in [0.29, 0.717) is 6.54 Å². The highest BCUT2D eigenvalue weighted by atomic mass is 16.3. The highest BCUT2D eigenvalue weighted by molar-refractivity contribution is 5.40. The van der Waals surface area contributed by atoms with Crippen molar-refractivity contribution in [1.82, 2.24) is 5.32 Å². The molecule has 0 aliphatic carbocycles. The lowest BCUT2D eigenvalue weighted by Crippen LogP contribution is -2.21. The maximum Gasteiger partial charge on any atom is 0.0555 e. The van der Waals surface area contributed by atoms with Crippen LogP contribution < -0.4 is 5.32 Å². The van der Waals surface area contributed by atoms with Gasteiger partial charge in [-0.25, -0.2) is 0 Å². The van der Waals surface area contributed by atoms with Crippen LogP contribution in [0, 0.1) is 13.8 Å². The molecule has 0 bridgehead atoms. The third-order valence-electron chi connectivity index (χ3n) is 3.40. The maximum absolute atomic E-state index is 8.74. The number of aliphatic hydroxyl groups is 1. The molecule has 2 nitrogen and oxygen atoms in total. The first-order valence-electron chi connectivity index (χ1n) is 6.78. The minimum absolute atomic E-state index is 0.209. The smallest absolute Gasteiger partial charge is 0.0555 e. The molecule has 0 spiro atoms. The fourth-order valence-corrected chi connectivity index (χ4v) is 2.24. The molecule has 102 valence electrons. The normalized spacial score (nSPS) is 11.9. The minimum Gasteiger partial charge on any atom is -0.395 e. The van der Waals surface area contributed by atoms with Crippen LogP contribution in [-0.4, -0.2) is 24.8 Å². The Morgan fingerprint density at radius 3 is 2.06 bits per heavy atom. The van der Waals surface area contributed by atoms with E-state index in [2.05, 4.69) is 52.1 Å². The second kappa shape index (κ2) is 6.35. The summed E-state index contributed by atoms with van der Waals surface area (Å²) in [6.45, 7) is 13.0. The fraction of sp³-hybridized carbons (Fsp3) is 0.625. The SMILES string of the molecule is Cc1cc(C(C)(C)C)cc(C)c1CCNCCO. The second-order valence-electron chi connectivity index (χ2n) is 6.06. The number of hydrogen-bond donors (Lipinski definition) is 2. The highest BCUT2D eigenvalue weighted by Gasteiger charge is 2.15. The van der Waals surface area contributed by atoms with E-state index in [-0.39, 0.29) is 12.0 Å². The van der Waals surface area contributed by atoms with Crippen molar-refractivity contribution in [3.8, 4) is 0 Å². The van der Waals surface area contributed by atoms with Crippen molar-refractivity contribution >= 4 is 0 Å². The van der Waals surface area contributed by atoms with Gasteiger partial charge >= 0.3 is 0 Å². The summed E-state index contributed by atoms with van der Waals surface area (Å²) in [6, 6.07) is 4.63. The van der Waals surface area contributed by atoms with Crippen LogP contribution in [0.5, 0.6) is 0 Å². The van der Waals surface area contributed by atoms with Crippen LogP contribution in [0.4, 0.5) is 0 Å². The second-order valence-corrected chi connectivity index (χ2v) is 6.06. The van der Waals surface area contributed by atoms with Gasteiger partial charge in [-0.05, 0) is 54.5 Å². The Labute approximate surface area is 111 Å². The monoisotopic (exact) mass is 249 g/mol. The molecule has 1 aromatic rings. The number of aliphatic hydroxyl groups excluding tert-OH is 1. The molecule has 0 heterocycles. The van der Waals surface area contributed by atoms with Gasteiger partial charge in [0.25, 0.3) is 0 Å². The van der Waals surface area contributed by atoms with E-state index in [0.717, 1.165) is 13.0 Å². The van der Waals surface area contributed by atoms with Gasteiger partial charge in [0.15, 0.2) is 0 Å². The minimum atomic E-state index is 0.209. The summed E-state index contributed by atoms with van der Waals surface area (Å²) in [5, 5.41) is 12.0. The van der Waals surface area contributed by atoms with Crippen molar-refractivity contribution in [2.75, 3.05) is 19.7 Å². The lowest BCUT2D eigenvalue weighted by Gasteiger charge is -2.22. The van der Waals surface area contributed by atoms with E-state index in [1.165, 1.54) is 22.3 Å². The van der Waals surface area contributed by atoms with Gasteiger partial charge in [0.05, 0.1) is 6.61 Å². The molecule has 2 heteroatoms. The molecular weight excluding hydrogens is 222 g/mol. The van der Waals surface area contributed by atoms with Crippen LogP contribution in [0.25, 0.3) is 0 Å². The van der Waals surface area contributed by atoms with Gasteiger partial charge in [0.1, 0.15) is 0 Å². The van der Waals surface area contributed by atoms with E-state index >= 15 is 0 Å². The van der Waals surface area contributed by atoms with Crippen molar-refractivity contribution in [3.63, 3.8) is 0 Å². The highest BCUT2D eigenvalue weighted by Crippen LogP contribution is 2.26. The quantitative estimate of drug-likeness (QED) is 0.786. The van der Waals surface area contributed by atoms with Gasteiger partial charge in [-0.3, -0.25) is 0 Å². The van der Waals surface area contributed by atoms with Crippen LogP contribution in [0.15, 0.2) is 12.1 Å². The Hall–Kier alpha value is -0.860. The number of aryl methyl sites for hydroxylation is 2. The molecule has 0 amide bonds. The van der Waals surface area contributed by atoms with Gasteiger partial charge in [0.2, 0.25) is 0 Å². The average molecular weight is 249 g/mol. The largest absolute Gasteiger partial charge is 0.395 e. The van der Waals surface area contributed by atoms with E-state index in [9.17, 15) is 0 Å². The van der Waals surface area contributed by atoms with Crippen molar-refractivity contribution in [2.45, 2.75) is 46.5 Å². The summed E-state index contributed by atoms with van der Waals surface area (Å²) in [6.07, 6.45) is 1.03. The molecule has 2 N–H and O–H groups in total. The summed E-state index contributed by atoms with van der Waals surface area (Å²) in [5.41, 5.74) is 5.82. The zero-order valence-electron chi connectivity index (χ0n) is 12.4. The van der Waals surface area contributed by atoms with Gasteiger partial charge < -0.3 is 10.4 Å². The zero-order chi connectivity index (χ0) is 13.8. The standard InChI is InChI=1S/C16H27NO/c1-12-10-14(16(3,4)5)11-13(2)15(12)6-7-17-8-9-18/h10-11,17-18H,6-9H2,1-5H3. The Morgan fingerprint density at radius 1 is 1.06 bits per heavy atom. The molecule has 0 unspecified atom stereocenters. The van der Waals surface area contributed by atoms with E-state index < -0.39 is 0 Å². The molecule has 0 aliphatic heterocycles. The molecule has 0 saturated heterocycles. The van der Waals surface area contributed by atoms with E-state index in [1.807, 2.05) is 0 Å². The molecule has 18 heavy (non-hydrogen) atoms. The topological polar surface area (TPSA) is 32.3 Å². The summed E-state index contributed by atoms with van der Waals surface area (Å²) in [4.78, 5) is 0. The van der Waals surface area contributed by atoms with Gasteiger partial charge in [-0.1, -0.05) is 32.9 Å². The Morgan fingerprint density at radius 2 is 1.61 bits per heavy atom. The molecular formula is C16H27NO. The molecule has 0 aliphatic rings. The van der Waals surface area contributed by atoms with E-state index in [1.54, 1.807) is 0 Å². The number of benzene rings is 1. The number of nitrogens with one attached hydrogen (secondary N) is 1. The first-order valence-corrected chi connectivity index (χ1v) is 6.78.